The quantitative estimate of drug-likeness (QED) is 0.692. The van der Waals surface area contributed by atoms with E-state index < -0.39 is 23.4 Å². The third-order valence-electron chi connectivity index (χ3n) is 4.24. The summed E-state index contributed by atoms with van der Waals surface area (Å²) in [7, 11) is 2.95. The van der Waals surface area contributed by atoms with E-state index in [2.05, 4.69) is 4.98 Å². The monoisotopic (exact) mass is 389 g/mol. The van der Waals surface area contributed by atoms with Gasteiger partial charge in [-0.1, -0.05) is 0 Å². The Labute approximate surface area is 158 Å². The molecule has 28 heavy (non-hydrogen) atoms. The Morgan fingerprint density at radius 3 is 2.71 bits per heavy atom. The minimum absolute atomic E-state index is 0.0432. The van der Waals surface area contributed by atoms with Gasteiger partial charge in [0.2, 0.25) is 0 Å². The molecule has 0 unspecified atom stereocenters. The SMILES string of the molecule is Cc1c(Cc2ccnc(N)c2F)c(=O)oc2cc(OC(=O)N(C)C)cc(F)c12. The van der Waals surface area contributed by atoms with Gasteiger partial charge in [-0.2, -0.15) is 0 Å². The van der Waals surface area contributed by atoms with E-state index in [1.54, 1.807) is 0 Å². The molecule has 146 valence electrons. The van der Waals surface area contributed by atoms with Crippen LogP contribution in [0.25, 0.3) is 11.0 Å². The highest BCUT2D eigenvalue weighted by Gasteiger charge is 2.19. The van der Waals surface area contributed by atoms with Crippen molar-refractivity contribution in [2.45, 2.75) is 13.3 Å². The minimum atomic E-state index is -0.754. The number of nitrogens with zero attached hydrogens (tertiary/aromatic N) is 2. The lowest BCUT2D eigenvalue weighted by Crippen LogP contribution is -2.25. The van der Waals surface area contributed by atoms with Crippen LogP contribution in [0.1, 0.15) is 16.7 Å². The summed E-state index contributed by atoms with van der Waals surface area (Å²) in [4.78, 5) is 28.9. The summed E-state index contributed by atoms with van der Waals surface area (Å²) in [5, 5.41) is 0.0432. The summed E-state index contributed by atoms with van der Waals surface area (Å²) in [6.45, 7) is 1.53. The van der Waals surface area contributed by atoms with Crippen LogP contribution >= 0.6 is 0 Å². The first-order valence-corrected chi connectivity index (χ1v) is 8.23. The molecule has 1 aromatic carbocycles. The van der Waals surface area contributed by atoms with Gasteiger partial charge in [0.05, 0.1) is 5.39 Å². The molecule has 0 aliphatic rings. The smallest absolute Gasteiger partial charge is 0.414 e. The number of halogens is 2. The van der Waals surface area contributed by atoms with Crippen molar-refractivity contribution < 1.29 is 22.7 Å². The molecule has 1 amide bonds. The van der Waals surface area contributed by atoms with Crippen molar-refractivity contribution in [3.8, 4) is 5.75 Å². The summed E-state index contributed by atoms with van der Waals surface area (Å²) in [5.74, 6) is -1.88. The second-order valence-electron chi connectivity index (χ2n) is 6.38. The van der Waals surface area contributed by atoms with E-state index in [9.17, 15) is 18.4 Å². The Balaban J connectivity index is 2.10. The molecule has 0 aliphatic carbocycles. The molecule has 9 heteroatoms. The average molecular weight is 389 g/mol. The number of hydrogen-bond donors (Lipinski definition) is 1. The predicted octanol–water partition coefficient (Wildman–Crippen LogP) is 3.01. The van der Waals surface area contributed by atoms with Gasteiger partial charge >= 0.3 is 11.7 Å². The van der Waals surface area contributed by atoms with Crippen LogP contribution in [-0.2, 0) is 6.42 Å². The van der Waals surface area contributed by atoms with Gasteiger partial charge in [-0.25, -0.2) is 23.4 Å². The number of nitrogens with two attached hydrogens (primary N) is 1. The van der Waals surface area contributed by atoms with E-state index in [4.69, 9.17) is 14.9 Å². The van der Waals surface area contributed by atoms with Crippen LogP contribution in [0.3, 0.4) is 0 Å². The zero-order chi connectivity index (χ0) is 20.6. The van der Waals surface area contributed by atoms with Crippen LogP contribution < -0.4 is 16.1 Å². The van der Waals surface area contributed by atoms with Crippen molar-refractivity contribution in [1.82, 2.24) is 9.88 Å². The normalized spacial score (nSPS) is 10.9. The number of aryl methyl sites for hydroxylation is 1. The maximum Gasteiger partial charge on any atom is 0.414 e. The zero-order valence-corrected chi connectivity index (χ0v) is 15.4. The predicted molar refractivity (Wildman–Crippen MR) is 98.3 cm³/mol. The highest BCUT2D eigenvalue weighted by atomic mass is 19.1. The van der Waals surface area contributed by atoms with Crippen molar-refractivity contribution in [2.24, 2.45) is 0 Å². The maximum atomic E-state index is 14.7. The summed E-state index contributed by atoms with van der Waals surface area (Å²) >= 11 is 0. The molecule has 2 heterocycles. The molecular formula is C19H17F2N3O4. The van der Waals surface area contributed by atoms with Gasteiger partial charge in [-0.15, -0.1) is 0 Å². The molecule has 0 saturated heterocycles. The molecule has 3 aromatic rings. The molecule has 0 aliphatic heterocycles. The molecule has 3 rings (SSSR count). The van der Waals surface area contributed by atoms with Crippen LogP contribution in [0, 0.1) is 18.6 Å². The lowest BCUT2D eigenvalue weighted by Gasteiger charge is -2.13. The fourth-order valence-electron chi connectivity index (χ4n) is 2.75. The molecule has 2 N–H and O–H groups in total. The van der Waals surface area contributed by atoms with E-state index in [0.29, 0.717) is 5.56 Å². The summed E-state index contributed by atoms with van der Waals surface area (Å²) in [5.41, 5.74) is 5.14. The highest BCUT2D eigenvalue weighted by Crippen LogP contribution is 2.29. The number of pyridine rings is 1. The van der Waals surface area contributed by atoms with Crippen LogP contribution in [0.2, 0.25) is 0 Å². The molecule has 0 fully saturated rings. The van der Waals surface area contributed by atoms with Crippen LogP contribution in [-0.4, -0.2) is 30.1 Å². The van der Waals surface area contributed by atoms with Crippen molar-refractivity contribution >= 4 is 22.9 Å². The topological polar surface area (TPSA) is 98.7 Å². The first kappa shape index (κ1) is 19.3. The Hall–Kier alpha value is -3.49. The molecule has 0 bridgehead atoms. The first-order chi connectivity index (χ1) is 13.2. The highest BCUT2D eigenvalue weighted by molar-refractivity contribution is 5.84. The lowest BCUT2D eigenvalue weighted by atomic mass is 9.99. The number of amides is 1. The van der Waals surface area contributed by atoms with E-state index in [0.717, 1.165) is 6.07 Å². The second-order valence-corrected chi connectivity index (χ2v) is 6.38. The zero-order valence-electron chi connectivity index (χ0n) is 15.4. The van der Waals surface area contributed by atoms with E-state index in [-0.39, 0.29) is 40.1 Å². The molecular weight excluding hydrogens is 372 g/mol. The number of carbonyl (C=O) groups excluding carboxylic acids is 1. The number of aromatic nitrogens is 1. The molecule has 0 saturated carbocycles. The van der Waals surface area contributed by atoms with Gasteiger partial charge in [0.25, 0.3) is 0 Å². The van der Waals surface area contributed by atoms with Gasteiger partial charge in [0.1, 0.15) is 17.1 Å². The van der Waals surface area contributed by atoms with Crippen LogP contribution in [0.15, 0.2) is 33.6 Å². The number of fused-ring (bicyclic) bond motifs is 1. The Morgan fingerprint density at radius 2 is 2.04 bits per heavy atom. The second kappa shape index (κ2) is 7.26. The molecule has 2 aromatic heterocycles. The number of rotatable bonds is 3. The summed E-state index contributed by atoms with van der Waals surface area (Å²) < 4.78 is 39.0. The van der Waals surface area contributed by atoms with E-state index in [1.165, 1.54) is 44.2 Å². The molecule has 7 nitrogen and oxygen atoms in total. The van der Waals surface area contributed by atoms with Gasteiger partial charge < -0.3 is 19.8 Å². The number of nitrogen functional groups attached to an aromatic ring is 1. The number of benzene rings is 1. The molecule has 0 spiro atoms. The summed E-state index contributed by atoms with van der Waals surface area (Å²) in [6, 6.07) is 3.66. The van der Waals surface area contributed by atoms with Crippen LogP contribution in [0.4, 0.5) is 19.4 Å². The fourth-order valence-corrected chi connectivity index (χ4v) is 2.75. The van der Waals surface area contributed by atoms with Gasteiger partial charge in [0.15, 0.2) is 11.6 Å². The van der Waals surface area contributed by atoms with Crippen molar-refractivity contribution in [3.63, 3.8) is 0 Å². The Bertz CT molecular complexity index is 1140. The van der Waals surface area contributed by atoms with Crippen LogP contribution in [0.5, 0.6) is 5.75 Å². The minimum Gasteiger partial charge on any atom is -0.422 e. The number of hydrogen-bond acceptors (Lipinski definition) is 6. The van der Waals surface area contributed by atoms with Crippen molar-refractivity contribution in [2.75, 3.05) is 19.8 Å². The molecule has 0 radical (unpaired) electrons. The standard InChI is InChI=1S/C19H17F2N3O4/c1-9-12(6-10-4-5-23-17(22)16(10)21)18(25)28-14-8-11(7-13(20)15(9)14)27-19(26)24(2)3/h4-5,7-8H,6H2,1-3H3,(H2,22,23). The summed E-state index contributed by atoms with van der Waals surface area (Å²) in [6.07, 6.45) is 0.470. The third kappa shape index (κ3) is 3.51. The van der Waals surface area contributed by atoms with Gasteiger partial charge in [-0.3, -0.25) is 0 Å². The Morgan fingerprint density at radius 1 is 1.32 bits per heavy atom. The number of anilines is 1. The van der Waals surface area contributed by atoms with E-state index >= 15 is 0 Å². The van der Waals surface area contributed by atoms with Crippen molar-refractivity contribution in [1.29, 1.82) is 0 Å². The van der Waals surface area contributed by atoms with E-state index in [1.807, 2.05) is 0 Å². The molecule has 0 atom stereocenters. The van der Waals surface area contributed by atoms with Gasteiger partial charge in [-0.05, 0) is 24.1 Å². The third-order valence-corrected chi connectivity index (χ3v) is 4.24. The lowest BCUT2D eigenvalue weighted by molar-refractivity contribution is 0.172. The number of ether oxygens (including phenoxy) is 1. The first-order valence-electron chi connectivity index (χ1n) is 8.23. The van der Waals surface area contributed by atoms with Gasteiger partial charge in [0, 0.05) is 44.4 Å². The average Bonchev–Trinajstić information content (AvgIpc) is 2.61. The number of carbonyl (C=O) groups is 1. The maximum absolute atomic E-state index is 14.7. The fraction of sp³-hybridized carbons (Fsp3) is 0.211. The van der Waals surface area contributed by atoms with Crippen molar-refractivity contribution in [3.05, 3.63) is 63.1 Å². The Kier molecular flexibility index (Phi) is 5.00. The largest absolute Gasteiger partial charge is 0.422 e.